The fourth-order valence-electron chi connectivity index (χ4n) is 2.18. The van der Waals surface area contributed by atoms with Crippen molar-refractivity contribution in [2.75, 3.05) is 0 Å². The Bertz CT molecular complexity index is 586. The molecule has 2 rings (SSSR count). The molecular formula is C16H20ClNOS. The SMILES string of the molecule is CCCc1nc(Cc2cccc(Cl)c2)sc1C(C)(C)O. The molecule has 0 saturated carbocycles. The van der Waals surface area contributed by atoms with Crippen molar-refractivity contribution in [2.24, 2.45) is 0 Å². The van der Waals surface area contributed by atoms with Crippen molar-refractivity contribution in [1.29, 1.82) is 0 Å². The maximum Gasteiger partial charge on any atom is 0.0976 e. The van der Waals surface area contributed by atoms with E-state index in [1.165, 1.54) is 0 Å². The van der Waals surface area contributed by atoms with Crippen LogP contribution < -0.4 is 0 Å². The number of benzene rings is 1. The van der Waals surface area contributed by atoms with Gasteiger partial charge in [0.2, 0.25) is 0 Å². The van der Waals surface area contributed by atoms with Crippen LogP contribution in [0.4, 0.5) is 0 Å². The highest BCUT2D eigenvalue weighted by atomic mass is 35.5. The third-order valence-corrected chi connectivity index (χ3v) is 4.67. The van der Waals surface area contributed by atoms with Crippen molar-refractivity contribution in [2.45, 2.75) is 45.6 Å². The van der Waals surface area contributed by atoms with Crippen LogP contribution in [0.1, 0.15) is 48.3 Å². The van der Waals surface area contributed by atoms with Crippen molar-refractivity contribution in [3.63, 3.8) is 0 Å². The predicted octanol–water partition coefficient (Wildman–Crippen LogP) is 4.57. The van der Waals surface area contributed by atoms with Crippen molar-refractivity contribution in [3.05, 3.63) is 50.4 Å². The number of aromatic nitrogens is 1. The predicted molar refractivity (Wildman–Crippen MR) is 85.6 cm³/mol. The van der Waals surface area contributed by atoms with Crippen LogP contribution >= 0.6 is 22.9 Å². The first-order valence-corrected chi connectivity index (χ1v) is 8.05. The minimum absolute atomic E-state index is 0.746. The molecule has 1 heterocycles. The quantitative estimate of drug-likeness (QED) is 0.877. The van der Waals surface area contributed by atoms with Gasteiger partial charge in [-0.25, -0.2) is 4.98 Å². The number of aryl methyl sites for hydroxylation is 1. The van der Waals surface area contributed by atoms with E-state index in [2.05, 4.69) is 13.0 Å². The van der Waals surface area contributed by atoms with Crippen LogP contribution in [0.15, 0.2) is 24.3 Å². The molecule has 1 aromatic heterocycles. The lowest BCUT2D eigenvalue weighted by atomic mass is 10.0. The fourth-order valence-corrected chi connectivity index (χ4v) is 3.54. The lowest BCUT2D eigenvalue weighted by Gasteiger charge is -2.16. The van der Waals surface area contributed by atoms with E-state index in [1.54, 1.807) is 11.3 Å². The van der Waals surface area contributed by atoms with E-state index in [-0.39, 0.29) is 0 Å². The minimum Gasteiger partial charge on any atom is -0.385 e. The van der Waals surface area contributed by atoms with Crippen LogP contribution in [0, 0.1) is 0 Å². The molecule has 0 saturated heterocycles. The van der Waals surface area contributed by atoms with Gasteiger partial charge in [0.15, 0.2) is 0 Å². The maximum absolute atomic E-state index is 10.3. The van der Waals surface area contributed by atoms with Gasteiger partial charge in [-0.15, -0.1) is 11.3 Å². The van der Waals surface area contributed by atoms with E-state index >= 15 is 0 Å². The highest BCUT2D eigenvalue weighted by Crippen LogP contribution is 2.31. The van der Waals surface area contributed by atoms with Crippen LogP contribution in [0.25, 0.3) is 0 Å². The maximum atomic E-state index is 10.3. The molecule has 2 aromatic rings. The summed E-state index contributed by atoms with van der Waals surface area (Å²) in [6, 6.07) is 7.84. The van der Waals surface area contributed by atoms with E-state index in [0.717, 1.165) is 45.4 Å². The second kappa shape index (κ2) is 6.25. The third-order valence-electron chi connectivity index (χ3n) is 3.03. The van der Waals surface area contributed by atoms with E-state index < -0.39 is 5.60 Å². The van der Waals surface area contributed by atoms with Crippen LogP contribution in [0.5, 0.6) is 0 Å². The Morgan fingerprint density at radius 1 is 1.35 bits per heavy atom. The zero-order chi connectivity index (χ0) is 14.8. The van der Waals surface area contributed by atoms with Crippen molar-refractivity contribution < 1.29 is 5.11 Å². The average Bonchev–Trinajstić information content (AvgIpc) is 2.72. The van der Waals surface area contributed by atoms with Gasteiger partial charge < -0.3 is 5.11 Å². The first-order valence-electron chi connectivity index (χ1n) is 6.86. The molecule has 0 fully saturated rings. The summed E-state index contributed by atoms with van der Waals surface area (Å²) in [6.07, 6.45) is 2.70. The summed E-state index contributed by atoms with van der Waals surface area (Å²) in [6.45, 7) is 5.77. The number of nitrogens with zero attached hydrogens (tertiary/aromatic N) is 1. The van der Waals surface area contributed by atoms with Gasteiger partial charge in [0.1, 0.15) is 0 Å². The second-order valence-electron chi connectivity index (χ2n) is 5.50. The molecule has 0 aliphatic heterocycles. The third kappa shape index (κ3) is 3.81. The molecular weight excluding hydrogens is 290 g/mol. The van der Waals surface area contributed by atoms with Crippen LogP contribution in [-0.4, -0.2) is 10.1 Å². The highest BCUT2D eigenvalue weighted by molar-refractivity contribution is 7.11. The van der Waals surface area contributed by atoms with Gasteiger partial charge in [-0.05, 0) is 38.0 Å². The molecule has 0 aliphatic carbocycles. The Morgan fingerprint density at radius 2 is 2.10 bits per heavy atom. The van der Waals surface area contributed by atoms with E-state index in [1.807, 2.05) is 32.0 Å². The van der Waals surface area contributed by atoms with Gasteiger partial charge in [0.05, 0.1) is 21.2 Å². The topological polar surface area (TPSA) is 33.1 Å². The van der Waals surface area contributed by atoms with Gasteiger partial charge in [-0.3, -0.25) is 0 Å². The molecule has 108 valence electrons. The lowest BCUT2D eigenvalue weighted by Crippen LogP contribution is -2.15. The van der Waals surface area contributed by atoms with Crippen LogP contribution in [0.2, 0.25) is 5.02 Å². The summed E-state index contributed by atoms with van der Waals surface area (Å²) in [5.41, 5.74) is 1.35. The summed E-state index contributed by atoms with van der Waals surface area (Å²) in [5, 5.41) is 12.1. The molecule has 0 spiro atoms. The Hall–Kier alpha value is -0.900. The Balaban J connectivity index is 2.29. The average molecular weight is 310 g/mol. The molecule has 0 amide bonds. The van der Waals surface area contributed by atoms with E-state index in [9.17, 15) is 5.11 Å². The van der Waals surface area contributed by atoms with E-state index in [0.29, 0.717) is 0 Å². The molecule has 0 unspecified atom stereocenters. The van der Waals surface area contributed by atoms with Gasteiger partial charge in [0.25, 0.3) is 0 Å². The van der Waals surface area contributed by atoms with Crippen molar-refractivity contribution in [3.8, 4) is 0 Å². The molecule has 0 radical (unpaired) electrons. The summed E-state index contributed by atoms with van der Waals surface area (Å²) >= 11 is 7.62. The molecule has 0 bridgehead atoms. The number of aliphatic hydroxyl groups is 1. The Kier molecular flexibility index (Phi) is 4.84. The summed E-state index contributed by atoms with van der Waals surface area (Å²) < 4.78 is 0. The molecule has 2 nitrogen and oxygen atoms in total. The number of hydrogen-bond acceptors (Lipinski definition) is 3. The summed E-state index contributed by atoms with van der Waals surface area (Å²) in [4.78, 5) is 5.69. The summed E-state index contributed by atoms with van der Waals surface area (Å²) in [5.74, 6) is 0. The smallest absolute Gasteiger partial charge is 0.0976 e. The zero-order valence-electron chi connectivity index (χ0n) is 12.1. The number of thiazole rings is 1. The Morgan fingerprint density at radius 3 is 2.70 bits per heavy atom. The monoisotopic (exact) mass is 309 g/mol. The molecule has 20 heavy (non-hydrogen) atoms. The molecule has 0 atom stereocenters. The largest absolute Gasteiger partial charge is 0.385 e. The Labute approximate surface area is 129 Å². The van der Waals surface area contributed by atoms with Crippen LogP contribution in [-0.2, 0) is 18.4 Å². The summed E-state index contributed by atoms with van der Waals surface area (Å²) in [7, 11) is 0. The second-order valence-corrected chi connectivity index (χ2v) is 7.02. The number of rotatable bonds is 5. The number of hydrogen-bond donors (Lipinski definition) is 1. The first-order chi connectivity index (χ1) is 9.40. The first kappa shape index (κ1) is 15.5. The minimum atomic E-state index is -0.825. The fraction of sp³-hybridized carbons (Fsp3) is 0.438. The van der Waals surface area contributed by atoms with Gasteiger partial charge in [-0.1, -0.05) is 37.1 Å². The van der Waals surface area contributed by atoms with Gasteiger partial charge >= 0.3 is 0 Å². The normalized spacial score (nSPS) is 11.8. The molecule has 1 aromatic carbocycles. The highest BCUT2D eigenvalue weighted by Gasteiger charge is 2.24. The molecule has 1 N–H and O–H groups in total. The number of halogens is 1. The van der Waals surface area contributed by atoms with Crippen molar-refractivity contribution >= 4 is 22.9 Å². The molecule has 0 aliphatic rings. The zero-order valence-corrected chi connectivity index (χ0v) is 13.7. The van der Waals surface area contributed by atoms with Gasteiger partial charge in [-0.2, -0.15) is 0 Å². The van der Waals surface area contributed by atoms with Gasteiger partial charge in [0, 0.05) is 11.4 Å². The lowest BCUT2D eigenvalue weighted by molar-refractivity contribution is 0.0813. The molecule has 4 heteroatoms. The van der Waals surface area contributed by atoms with E-state index in [4.69, 9.17) is 16.6 Å². The van der Waals surface area contributed by atoms with Crippen molar-refractivity contribution in [1.82, 2.24) is 4.98 Å². The standard InChI is InChI=1S/C16H20ClNOS/c1-4-6-13-15(16(2,3)19)20-14(18-13)10-11-7-5-8-12(17)9-11/h5,7-9,19H,4,6,10H2,1-3H3. The van der Waals surface area contributed by atoms with Crippen LogP contribution in [0.3, 0.4) is 0 Å².